The van der Waals surface area contributed by atoms with E-state index in [1.165, 1.54) is 11.1 Å². The van der Waals surface area contributed by atoms with Gasteiger partial charge in [0.25, 0.3) is 0 Å². The number of rotatable bonds is 5. The molecule has 0 saturated carbocycles. The van der Waals surface area contributed by atoms with Crippen LogP contribution in [0.25, 0.3) is 0 Å². The molecule has 1 aromatic carbocycles. The molecule has 0 spiro atoms. The van der Waals surface area contributed by atoms with Crippen molar-refractivity contribution in [2.24, 2.45) is 5.73 Å². The largest absolute Gasteiger partial charge is 0.389 e. The van der Waals surface area contributed by atoms with Gasteiger partial charge in [-0.3, -0.25) is 0 Å². The summed E-state index contributed by atoms with van der Waals surface area (Å²) in [4.78, 5) is 0. The Labute approximate surface area is 106 Å². The topological polar surface area (TPSA) is 26.0 Å². The third kappa shape index (κ3) is 4.33. The molecular weight excluding hydrogens is 239 g/mol. The van der Waals surface area contributed by atoms with E-state index in [1.54, 1.807) is 0 Å². The average Bonchev–Trinajstić information content (AvgIpc) is 2.34. The smallest absolute Gasteiger partial charge is 0.324 e. The number of halogens is 3. The van der Waals surface area contributed by atoms with E-state index < -0.39 is 18.6 Å². The molecule has 0 amide bonds. The quantitative estimate of drug-likeness (QED) is 0.844. The zero-order valence-corrected chi connectivity index (χ0v) is 10.8. The molecule has 1 aromatic rings. The number of aryl methyl sites for hydroxylation is 2. The fraction of sp³-hybridized carbons (Fsp3) is 0.571. The summed E-state index contributed by atoms with van der Waals surface area (Å²) in [6.45, 7) is 4.11. The number of hydrogen-bond donors (Lipinski definition) is 1. The average molecular weight is 259 g/mol. The van der Waals surface area contributed by atoms with Gasteiger partial charge < -0.3 is 5.73 Å². The van der Waals surface area contributed by atoms with Gasteiger partial charge >= 0.3 is 6.18 Å². The Morgan fingerprint density at radius 3 is 2.22 bits per heavy atom. The summed E-state index contributed by atoms with van der Waals surface area (Å²) in [5.74, 6) is 0. The summed E-state index contributed by atoms with van der Waals surface area (Å²) < 4.78 is 36.4. The van der Waals surface area contributed by atoms with Crippen molar-refractivity contribution in [1.29, 1.82) is 0 Å². The first-order chi connectivity index (χ1) is 8.37. The minimum atomic E-state index is -4.13. The molecule has 0 fully saturated rings. The molecule has 0 heterocycles. The molecule has 1 rings (SSSR count). The van der Waals surface area contributed by atoms with Gasteiger partial charge in [-0.25, -0.2) is 0 Å². The molecule has 0 bridgehead atoms. The second-order valence-corrected chi connectivity index (χ2v) is 4.50. The van der Waals surface area contributed by atoms with Gasteiger partial charge in [-0.05, 0) is 36.0 Å². The van der Waals surface area contributed by atoms with Crippen molar-refractivity contribution in [1.82, 2.24) is 0 Å². The van der Waals surface area contributed by atoms with E-state index in [0.717, 1.165) is 18.4 Å². The van der Waals surface area contributed by atoms with Gasteiger partial charge in [0.2, 0.25) is 0 Å². The lowest BCUT2D eigenvalue weighted by Crippen LogP contribution is -2.16. The Bertz CT molecular complexity index is 385. The van der Waals surface area contributed by atoms with Gasteiger partial charge in [0.15, 0.2) is 0 Å². The summed E-state index contributed by atoms with van der Waals surface area (Å²) in [5.41, 5.74) is 9.03. The molecule has 0 aliphatic heterocycles. The minimum Gasteiger partial charge on any atom is -0.324 e. The SMILES string of the molecule is CCc1ccc(C(N)CCC(F)(F)F)cc1CC. The molecule has 2 N–H and O–H groups in total. The number of nitrogens with two attached hydrogens (primary N) is 1. The van der Waals surface area contributed by atoms with Crippen LogP contribution >= 0.6 is 0 Å². The summed E-state index contributed by atoms with van der Waals surface area (Å²) in [5, 5.41) is 0. The van der Waals surface area contributed by atoms with E-state index in [4.69, 9.17) is 5.73 Å². The van der Waals surface area contributed by atoms with Crippen molar-refractivity contribution in [3.8, 4) is 0 Å². The molecule has 0 aliphatic carbocycles. The number of hydrogen-bond acceptors (Lipinski definition) is 1. The Morgan fingerprint density at radius 2 is 1.72 bits per heavy atom. The Hall–Kier alpha value is -1.03. The lowest BCUT2D eigenvalue weighted by molar-refractivity contribution is -0.136. The van der Waals surface area contributed by atoms with Crippen LogP contribution < -0.4 is 5.73 Å². The fourth-order valence-electron chi connectivity index (χ4n) is 2.04. The third-order valence-electron chi connectivity index (χ3n) is 3.16. The lowest BCUT2D eigenvalue weighted by Gasteiger charge is -2.16. The van der Waals surface area contributed by atoms with E-state index in [9.17, 15) is 13.2 Å². The van der Waals surface area contributed by atoms with Gasteiger partial charge in [0.1, 0.15) is 0 Å². The van der Waals surface area contributed by atoms with Gasteiger partial charge in [0, 0.05) is 12.5 Å². The van der Waals surface area contributed by atoms with Crippen LogP contribution in [0.15, 0.2) is 18.2 Å². The predicted octanol–water partition coefficient (Wildman–Crippen LogP) is 4.15. The second-order valence-electron chi connectivity index (χ2n) is 4.50. The zero-order chi connectivity index (χ0) is 13.8. The van der Waals surface area contributed by atoms with Gasteiger partial charge in [-0.2, -0.15) is 13.2 Å². The van der Waals surface area contributed by atoms with Crippen molar-refractivity contribution < 1.29 is 13.2 Å². The first-order valence-corrected chi connectivity index (χ1v) is 6.31. The predicted molar refractivity (Wildman–Crippen MR) is 67.4 cm³/mol. The maximum atomic E-state index is 12.1. The summed E-state index contributed by atoms with van der Waals surface area (Å²) in [6.07, 6.45) is -3.21. The van der Waals surface area contributed by atoms with Gasteiger partial charge in [-0.15, -0.1) is 0 Å². The highest BCUT2D eigenvalue weighted by molar-refractivity contribution is 5.33. The molecule has 0 radical (unpaired) electrons. The van der Waals surface area contributed by atoms with Crippen LogP contribution in [0.1, 0.15) is 49.4 Å². The maximum Gasteiger partial charge on any atom is 0.389 e. The van der Waals surface area contributed by atoms with Crippen molar-refractivity contribution >= 4 is 0 Å². The Kier molecular flexibility index (Phi) is 5.20. The van der Waals surface area contributed by atoms with Crippen LogP contribution in [0.4, 0.5) is 13.2 Å². The Morgan fingerprint density at radius 1 is 1.11 bits per heavy atom. The lowest BCUT2D eigenvalue weighted by atomic mass is 9.95. The van der Waals surface area contributed by atoms with Gasteiger partial charge in [0.05, 0.1) is 0 Å². The molecule has 1 nitrogen and oxygen atoms in total. The molecule has 4 heteroatoms. The summed E-state index contributed by atoms with van der Waals surface area (Å²) in [7, 11) is 0. The first kappa shape index (κ1) is 15.0. The van der Waals surface area contributed by atoms with Crippen molar-refractivity contribution in [2.75, 3.05) is 0 Å². The molecule has 0 aliphatic rings. The van der Waals surface area contributed by atoms with Gasteiger partial charge in [-0.1, -0.05) is 32.0 Å². The van der Waals surface area contributed by atoms with E-state index in [1.807, 2.05) is 25.1 Å². The first-order valence-electron chi connectivity index (χ1n) is 6.31. The van der Waals surface area contributed by atoms with Crippen LogP contribution in [0.5, 0.6) is 0 Å². The highest BCUT2D eigenvalue weighted by atomic mass is 19.4. The molecule has 1 atom stereocenters. The summed E-state index contributed by atoms with van der Waals surface area (Å²) in [6, 6.07) is 5.23. The third-order valence-corrected chi connectivity index (χ3v) is 3.16. The van der Waals surface area contributed by atoms with Crippen molar-refractivity contribution in [3.63, 3.8) is 0 Å². The minimum absolute atomic E-state index is 0.0574. The standard InChI is InChI=1S/C14H20F3N/c1-3-10-5-6-12(9-11(10)4-2)13(18)7-8-14(15,16)17/h5-6,9,13H,3-4,7-8,18H2,1-2H3. The molecule has 18 heavy (non-hydrogen) atoms. The van der Waals surface area contributed by atoms with E-state index in [2.05, 4.69) is 6.92 Å². The highest BCUT2D eigenvalue weighted by Crippen LogP contribution is 2.27. The highest BCUT2D eigenvalue weighted by Gasteiger charge is 2.27. The monoisotopic (exact) mass is 259 g/mol. The van der Waals surface area contributed by atoms with Crippen LogP contribution in [0.2, 0.25) is 0 Å². The maximum absolute atomic E-state index is 12.1. The molecule has 0 aromatic heterocycles. The van der Waals surface area contributed by atoms with Crippen molar-refractivity contribution in [3.05, 3.63) is 34.9 Å². The normalized spacial score (nSPS) is 13.7. The van der Waals surface area contributed by atoms with E-state index in [-0.39, 0.29) is 6.42 Å². The van der Waals surface area contributed by atoms with Crippen LogP contribution in [0.3, 0.4) is 0 Å². The number of alkyl halides is 3. The molecular formula is C14H20F3N. The Balaban J connectivity index is 2.77. The van der Waals surface area contributed by atoms with Crippen LogP contribution in [-0.2, 0) is 12.8 Å². The fourth-order valence-corrected chi connectivity index (χ4v) is 2.04. The van der Waals surface area contributed by atoms with Crippen LogP contribution in [-0.4, -0.2) is 6.18 Å². The van der Waals surface area contributed by atoms with Crippen LogP contribution in [0, 0.1) is 0 Å². The molecule has 1 unspecified atom stereocenters. The zero-order valence-electron chi connectivity index (χ0n) is 10.8. The van der Waals surface area contributed by atoms with E-state index >= 15 is 0 Å². The van der Waals surface area contributed by atoms with E-state index in [0.29, 0.717) is 0 Å². The molecule has 0 saturated heterocycles. The second kappa shape index (κ2) is 6.23. The molecule has 102 valence electrons. The summed E-state index contributed by atoms with van der Waals surface area (Å²) >= 11 is 0. The van der Waals surface area contributed by atoms with Crippen molar-refractivity contribution in [2.45, 2.75) is 51.7 Å². The number of benzene rings is 1.